The van der Waals surface area contributed by atoms with E-state index in [1.54, 1.807) is 18.2 Å². The normalized spacial score (nSPS) is 10.3. The van der Waals surface area contributed by atoms with Crippen LogP contribution in [0.4, 0.5) is 4.39 Å². The van der Waals surface area contributed by atoms with Crippen LogP contribution in [0.5, 0.6) is 11.5 Å². The minimum Gasteiger partial charge on any atom is -0.457 e. The largest absolute Gasteiger partial charge is 0.457 e. The highest BCUT2D eigenvalue weighted by Gasteiger charge is 2.07. The summed E-state index contributed by atoms with van der Waals surface area (Å²) in [5.41, 5.74) is 6.10. The summed E-state index contributed by atoms with van der Waals surface area (Å²) in [7, 11) is 0. The fraction of sp³-hybridized carbons (Fsp3) is 0. The molecule has 0 heterocycles. The number of hydrogen-bond donors (Lipinski definition) is 1. The second-order valence-electron chi connectivity index (χ2n) is 3.68. The predicted octanol–water partition coefficient (Wildman–Crippen LogP) is 4.67. The number of rotatable bonds is 3. The van der Waals surface area contributed by atoms with E-state index in [2.05, 4.69) is 15.9 Å². The molecule has 98 valence electrons. The Balaban J connectivity index is 2.26. The maximum Gasteiger partial charge on any atom is 0.137 e. The van der Waals surface area contributed by atoms with Crippen molar-refractivity contribution >= 4 is 44.7 Å². The molecule has 0 saturated carbocycles. The van der Waals surface area contributed by atoms with Crippen LogP contribution in [0.2, 0.25) is 5.02 Å². The van der Waals surface area contributed by atoms with Gasteiger partial charge < -0.3 is 10.5 Å². The van der Waals surface area contributed by atoms with Crippen molar-refractivity contribution in [3.63, 3.8) is 0 Å². The van der Waals surface area contributed by atoms with Crippen molar-refractivity contribution < 1.29 is 9.13 Å². The molecular weight excluding hydrogens is 353 g/mol. The van der Waals surface area contributed by atoms with Gasteiger partial charge in [-0.2, -0.15) is 0 Å². The van der Waals surface area contributed by atoms with Gasteiger partial charge >= 0.3 is 0 Å². The average Bonchev–Trinajstić information content (AvgIpc) is 2.33. The number of halogens is 3. The van der Waals surface area contributed by atoms with E-state index in [9.17, 15) is 4.39 Å². The first-order valence-electron chi connectivity index (χ1n) is 5.19. The minimum atomic E-state index is -0.353. The Kier molecular flexibility index (Phi) is 4.39. The molecule has 0 atom stereocenters. The van der Waals surface area contributed by atoms with E-state index >= 15 is 0 Å². The van der Waals surface area contributed by atoms with E-state index in [0.29, 0.717) is 26.6 Å². The molecule has 0 aliphatic carbocycles. The minimum absolute atomic E-state index is 0.223. The third-order valence-electron chi connectivity index (χ3n) is 2.33. The molecule has 2 rings (SSSR count). The SMILES string of the molecule is NC(=S)c1ccc(Oc2ccc(F)c(Br)c2)cc1Cl. The standard InChI is InChI=1S/C13H8BrClFNOS/c14-10-5-7(2-4-12(10)16)18-8-1-3-9(13(17)19)11(15)6-8/h1-6H,(H2,17,19). The summed E-state index contributed by atoms with van der Waals surface area (Å²) in [6.07, 6.45) is 0. The lowest BCUT2D eigenvalue weighted by atomic mass is 10.2. The maximum atomic E-state index is 13.1. The molecule has 2 aromatic rings. The van der Waals surface area contributed by atoms with Gasteiger partial charge in [-0.15, -0.1) is 0 Å². The number of ether oxygens (including phenoxy) is 1. The van der Waals surface area contributed by atoms with Gasteiger partial charge in [0.1, 0.15) is 22.3 Å². The van der Waals surface area contributed by atoms with E-state index in [-0.39, 0.29) is 10.8 Å². The van der Waals surface area contributed by atoms with Crippen LogP contribution in [0.25, 0.3) is 0 Å². The van der Waals surface area contributed by atoms with Crippen LogP contribution in [-0.2, 0) is 0 Å². The molecule has 0 aromatic heterocycles. The Hall–Kier alpha value is -1.17. The van der Waals surface area contributed by atoms with Crippen molar-refractivity contribution in [2.24, 2.45) is 5.73 Å². The summed E-state index contributed by atoms with van der Waals surface area (Å²) in [5, 5.41) is 0.408. The third-order valence-corrected chi connectivity index (χ3v) is 3.47. The first kappa shape index (κ1) is 14.2. The summed E-state index contributed by atoms with van der Waals surface area (Å²) < 4.78 is 19.0. The zero-order valence-electron chi connectivity index (χ0n) is 9.49. The Labute approximate surface area is 128 Å². The van der Waals surface area contributed by atoms with Crippen LogP contribution in [0.1, 0.15) is 5.56 Å². The van der Waals surface area contributed by atoms with Crippen LogP contribution < -0.4 is 10.5 Å². The Bertz CT molecular complexity index is 651. The number of thiocarbonyl (C=S) groups is 1. The van der Waals surface area contributed by atoms with E-state index in [0.717, 1.165) is 0 Å². The molecule has 0 aliphatic rings. The highest BCUT2D eigenvalue weighted by atomic mass is 79.9. The molecule has 0 amide bonds. The summed E-state index contributed by atoms with van der Waals surface area (Å²) in [5.74, 6) is 0.658. The lowest BCUT2D eigenvalue weighted by Gasteiger charge is -2.08. The molecule has 0 radical (unpaired) electrons. The van der Waals surface area contributed by atoms with Crippen molar-refractivity contribution in [3.8, 4) is 11.5 Å². The van der Waals surface area contributed by atoms with Gasteiger partial charge in [0.2, 0.25) is 0 Å². The van der Waals surface area contributed by atoms with E-state index in [4.69, 9.17) is 34.3 Å². The highest BCUT2D eigenvalue weighted by Crippen LogP contribution is 2.29. The molecule has 0 spiro atoms. The smallest absolute Gasteiger partial charge is 0.137 e. The van der Waals surface area contributed by atoms with Crippen molar-refractivity contribution in [2.75, 3.05) is 0 Å². The molecule has 19 heavy (non-hydrogen) atoms. The fourth-order valence-corrected chi connectivity index (χ4v) is 2.30. The quantitative estimate of drug-likeness (QED) is 0.808. The summed E-state index contributed by atoms with van der Waals surface area (Å²) in [6.45, 7) is 0. The zero-order chi connectivity index (χ0) is 14.0. The second kappa shape index (κ2) is 5.86. The molecule has 2 aromatic carbocycles. The Morgan fingerprint density at radius 1 is 1.21 bits per heavy atom. The van der Waals surface area contributed by atoms with Crippen molar-refractivity contribution in [2.45, 2.75) is 0 Å². The van der Waals surface area contributed by atoms with Crippen molar-refractivity contribution in [1.82, 2.24) is 0 Å². The lowest BCUT2D eigenvalue weighted by Crippen LogP contribution is -2.09. The van der Waals surface area contributed by atoms with Gasteiger partial charge in [0.15, 0.2) is 0 Å². The van der Waals surface area contributed by atoms with E-state index < -0.39 is 0 Å². The van der Waals surface area contributed by atoms with Gasteiger partial charge in [0.25, 0.3) is 0 Å². The predicted molar refractivity (Wildman–Crippen MR) is 81.5 cm³/mol. The summed E-state index contributed by atoms with van der Waals surface area (Å²) >= 11 is 14.0. The number of benzene rings is 2. The molecule has 0 unspecified atom stereocenters. The van der Waals surface area contributed by atoms with Crippen molar-refractivity contribution in [3.05, 3.63) is 57.3 Å². The molecule has 0 saturated heterocycles. The van der Waals surface area contributed by atoms with Gasteiger partial charge in [-0.25, -0.2) is 4.39 Å². The fourth-order valence-electron chi connectivity index (χ4n) is 1.44. The molecule has 0 aliphatic heterocycles. The van der Waals surface area contributed by atoms with Crippen LogP contribution >= 0.6 is 39.7 Å². The summed E-state index contributed by atoms with van der Waals surface area (Å²) in [4.78, 5) is 0.223. The first-order valence-corrected chi connectivity index (χ1v) is 6.77. The highest BCUT2D eigenvalue weighted by molar-refractivity contribution is 9.10. The van der Waals surface area contributed by atoms with Crippen LogP contribution in [-0.4, -0.2) is 4.99 Å². The van der Waals surface area contributed by atoms with Gasteiger partial charge in [-0.05, 0) is 46.3 Å². The zero-order valence-corrected chi connectivity index (χ0v) is 12.7. The molecule has 2 nitrogen and oxygen atoms in total. The van der Waals surface area contributed by atoms with E-state index in [1.807, 2.05) is 0 Å². The van der Waals surface area contributed by atoms with Crippen LogP contribution in [0.15, 0.2) is 40.9 Å². The molecule has 6 heteroatoms. The van der Waals surface area contributed by atoms with Gasteiger partial charge in [-0.1, -0.05) is 23.8 Å². The van der Waals surface area contributed by atoms with Gasteiger partial charge in [0, 0.05) is 11.6 Å². The molecule has 2 N–H and O–H groups in total. The first-order chi connectivity index (χ1) is 8.97. The monoisotopic (exact) mass is 359 g/mol. The second-order valence-corrected chi connectivity index (χ2v) is 5.39. The van der Waals surface area contributed by atoms with E-state index in [1.165, 1.54) is 18.2 Å². The maximum absolute atomic E-state index is 13.1. The topological polar surface area (TPSA) is 35.2 Å². The average molecular weight is 361 g/mol. The van der Waals surface area contributed by atoms with Crippen LogP contribution in [0.3, 0.4) is 0 Å². The number of hydrogen-bond acceptors (Lipinski definition) is 2. The summed E-state index contributed by atoms with van der Waals surface area (Å²) in [6, 6.07) is 9.34. The van der Waals surface area contributed by atoms with Crippen LogP contribution in [0, 0.1) is 5.82 Å². The Morgan fingerprint density at radius 2 is 1.84 bits per heavy atom. The van der Waals surface area contributed by atoms with Crippen molar-refractivity contribution in [1.29, 1.82) is 0 Å². The Morgan fingerprint density at radius 3 is 2.42 bits per heavy atom. The molecule has 0 fully saturated rings. The third kappa shape index (κ3) is 3.43. The van der Waals surface area contributed by atoms with Gasteiger partial charge in [0.05, 0.1) is 9.50 Å². The molecule has 0 bridgehead atoms. The molecular formula is C13H8BrClFNOS. The number of nitrogens with two attached hydrogens (primary N) is 1. The van der Waals surface area contributed by atoms with Gasteiger partial charge in [-0.3, -0.25) is 0 Å². The lowest BCUT2D eigenvalue weighted by molar-refractivity contribution is 0.480.